The van der Waals surface area contributed by atoms with Crippen LogP contribution >= 0.6 is 0 Å². The van der Waals surface area contributed by atoms with Gasteiger partial charge in [0.05, 0.1) is 13.0 Å². The van der Waals surface area contributed by atoms with E-state index in [1.54, 1.807) is 0 Å². The fourth-order valence-corrected chi connectivity index (χ4v) is 2.61. The van der Waals surface area contributed by atoms with Crippen molar-refractivity contribution in [3.63, 3.8) is 0 Å². The lowest BCUT2D eigenvalue weighted by Crippen LogP contribution is -2.45. The number of rotatable bonds is 3. The molecule has 0 aromatic heterocycles. The Morgan fingerprint density at radius 3 is 2.38 bits per heavy atom. The van der Waals surface area contributed by atoms with Gasteiger partial charge in [-0.1, -0.05) is 12.2 Å². The zero-order valence-electron chi connectivity index (χ0n) is 11.0. The van der Waals surface area contributed by atoms with E-state index in [1.165, 1.54) is 0 Å². The van der Waals surface area contributed by atoms with Gasteiger partial charge >= 0.3 is 5.97 Å². The van der Waals surface area contributed by atoms with Crippen LogP contribution in [0.1, 0.15) is 41.0 Å². The van der Waals surface area contributed by atoms with Crippen molar-refractivity contribution in [2.75, 3.05) is 6.61 Å². The topological polar surface area (TPSA) is 38.3 Å². The molecule has 3 nitrogen and oxygen atoms in total. The van der Waals surface area contributed by atoms with E-state index < -0.39 is 0 Å². The van der Waals surface area contributed by atoms with Gasteiger partial charge in [-0.15, -0.1) is 0 Å². The number of hydrogen-bond donors (Lipinski definition) is 1. The molecule has 92 valence electrons. The first kappa shape index (κ1) is 13.2. The van der Waals surface area contributed by atoms with Crippen LogP contribution < -0.4 is 5.32 Å². The SMILES string of the molecule is C=C1C(CC(=O)OCC)C(C)(C)NC1(C)C. The molecule has 3 heteroatoms. The molecule has 16 heavy (non-hydrogen) atoms. The van der Waals surface area contributed by atoms with Crippen LogP contribution in [0.25, 0.3) is 0 Å². The van der Waals surface area contributed by atoms with Gasteiger partial charge in [0.2, 0.25) is 0 Å². The molecule has 0 aromatic rings. The van der Waals surface area contributed by atoms with Gasteiger partial charge in [-0.05, 0) is 34.6 Å². The summed E-state index contributed by atoms with van der Waals surface area (Å²) in [5.41, 5.74) is 0.874. The number of carbonyl (C=O) groups excluding carboxylic acids is 1. The van der Waals surface area contributed by atoms with Gasteiger partial charge < -0.3 is 10.1 Å². The quantitative estimate of drug-likeness (QED) is 0.591. The van der Waals surface area contributed by atoms with Gasteiger partial charge in [0, 0.05) is 17.0 Å². The van der Waals surface area contributed by atoms with Crippen molar-refractivity contribution in [2.45, 2.75) is 52.1 Å². The monoisotopic (exact) mass is 225 g/mol. The first-order chi connectivity index (χ1) is 7.20. The summed E-state index contributed by atoms with van der Waals surface area (Å²) in [4.78, 5) is 11.6. The largest absolute Gasteiger partial charge is 0.466 e. The summed E-state index contributed by atoms with van der Waals surface area (Å²) in [6.07, 6.45) is 0.413. The molecule has 1 aliphatic heterocycles. The van der Waals surface area contributed by atoms with E-state index in [4.69, 9.17) is 4.74 Å². The third-order valence-electron chi connectivity index (χ3n) is 3.41. The van der Waals surface area contributed by atoms with Crippen LogP contribution in [0.5, 0.6) is 0 Å². The Bertz CT molecular complexity index is 305. The predicted molar refractivity (Wildman–Crippen MR) is 65.2 cm³/mol. The van der Waals surface area contributed by atoms with E-state index in [9.17, 15) is 4.79 Å². The van der Waals surface area contributed by atoms with Gasteiger partial charge in [0.1, 0.15) is 0 Å². The molecule has 1 rings (SSSR count). The minimum atomic E-state index is -0.138. The highest BCUT2D eigenvalue weighted by Gasteiger charge is 2.47. The number of carbonyl (C=O) groups is 1. The third kappa shape index (κ3) is 2.46. The Labute approximate surface area is 98.2 Å². The molecule has 1 unspecified atom stereocenters. The van der Waals surface area contributed by atoms with E-state index in [1.807, 2.05) is 6.92 Å². The maximum Gasteiger partial charge on any atom is 0.306 e. The van der Waals surface area contributed by atoms with Crippen molar-refractivity contribution in [1.29, 1.82) is 0 Å². The van der Waals surface area contributed by atoms with E-state index in [2.05, 4.69) is 39.6 Å². The molecule has 0 aromatic carbocycles. The van der Waals surface area contributed by atoms with Crippen LogP contribution in [0.2, 0.25) is 0 Å². The van der Waals surface area contributed by atoms with Gasteiger partial charge in [-0.3, -0.25) is 4.79 Å². The second-order valence-electron chi connectivity index (χ2n) is 5.56. The normalized spacial score (nSPS) is 26.8. The van der Waals surface area contributed by atoms with Crippen molar-refractivity contribution < 1.29 is 9.53 Å². The molecule has 1 atom stereocenters. The summed E-state index contributed by atoms with van der Waals surface area (Å²) in [6, 6.07) is 0. The highest BCUT2D eigenvalue weighted by atomic mass is 16.5. The number of esters is 1. The van der Waals surface area contributed by atoms with Crippen molar-refractivity contribution in [1.82, 2.24) is 5.32 Å². The summed E-state index contributed by atoms with van der Waals surface area (Å²) >= 11 is 0. The van der Waals surface area contributed by atoms with E-state index in [-0.39, 0.29) is 23.0 Å². The number of nitrogens with one attached hydrogen (secondary N) is 1. The molecule has 1 aliphatic rings. The molecule has 0 saturated carbocycles. The van der Waals surface area contributed by atoms with Crippen LogP contribution in [0.4, 0.5) is 0 Å². The van der Waals surface area contributed by atoms with Gasteiger partial charge in [0.15, 0.2) is 0 Å². The first-order valence-electron chi connectivity index (χ1n) is 5.85. The molecule has 1 saturated heterocycles. The zero-order valence-corrected chi connectivity index (χ0v) is 11.0. The molecule has 0 spiro atoms. The zero-order chi connectivity index (χ0) is 12.6. The van der Waals surface area contributed by atoms with Crippen molar-refractivity contribution >= 4 is 5.97 Å². The fraction of sp³-hybridized carbons (Fsp3) is 0.769. The molecule has 1 heterocycles. The maximum atomic E-state index is 11.6. The highest BCUT2D eigenvalue weighted by Crippen LogP contribution is 2.41. The van der Waals surface area contributed by atoms with Crippen molar-refractivity contribution in [3.8, 4) is 0 Å². The number of hydrogen-bond acceptors (Lipinski definition) is 3. The molecular formula is C13H23NO2. The van der Waals surface area contributed by atoms with Crippen molar-refractivity contribution in [2.24, 2.45) is 5.92 Å². The van der Waals surface area contributed by atoms with Crippen LogP contribution in [0, 0.1) is 5.92 Å². The summed E-state index contributed by atoms with van der Waals surface area (Å²) < 4.78 is 5.01. The molecule has 0 aliphatic carbocycles. The lowest BCUT2D eigenvalue weighted by atomic mass is 9.81. The minimum absolute atomic E-state index is 0.104. The van der Waals surface area contributed by atoms with E-state index in [0.29, 0.717) is 13.0 Å². The molecule has 0 radical (unpaired) electrons. The summed E-state index contributed by atoms with van der Waals surface area (Å²) in [6.45, 7) is 14.8. The summed E-state index contributed by atoms with van der Waals surface area (Å²) in [5.74, 6) is 0.00257. The Balaban J connectivity index is 2.79. The second kappa shape index (κ2) is 4.21. The standard InChI is InChI=1S/C13H23NO2/c1-7-16-11(15)8-10-9(2)12(3,4)14-13(10,5)6/h10,14H,2,7-8H2,1,3-6H3. The minimum Gasteiger partial charge on any atom is -0.466 e. The van der Waals surface area contributed by atoms with Crippen LogP contribution in [0.15, 0.2) is 12.2 Å². The Morgan fingerprint density at radius 1 is 1.44 bits per heavy atom. The fourth-order valence-electron chi connectivity index (χ4n) is 2.61. The molecule has 0 bridgehead atoms. The first-order valence-corrected chi connectivity index (χ1v) is 5.85. The second-order valence-corrected chi connectivity index (χ2v) is 5.56. The summed E-state index contributed by atoms with van der Waals surface area (Å²) in [7, 11) is 0. The highest BCUT2D eigenvalue weighted by molar-refractivity contribution is 5.70. The lowest BCUT2D eigenvalue weighted by Gasteiger charge is -2.27. The third-order valence-corrected chi connectivity index (χ3v) is 3.41. The Morgan fingerprint density at radius 2 is 2.00 bits per heavy atom. The number of ether oxygens (including phenoxy) is 1. The van der Waals surface area contributed by atoms with Gasteiger partial charge in [-0.25, -0.2) is 0 Å². The average molecular weight is 225 g/mol. The van der Waals surface area contributed by atoms with Crippen LogP contribution in [-0.2, 0) is 9.53 Å². The maximum absolute atomic E-state index is 11.6. The molecule has 1 N–H and O–H groups in total. The van der Waals surface area contributed by atoms with Crippen LogP contribution in [-0.4, -0.2) is 23.7 Å². The van der Waals surface area contributed by atoms with Crippen LogP contribution in [0.3, 0.4) is 0 Å². The lowest BCUT2D eigenvalue weighted by molar-refractivity contribution is -0.144. The molecule has 1 fully saturated rings. The molecule has 0 amide bonds. The van der Waals surface area contributed by atoms with Gasteiger partial charge in [-0.2, -0.15) is 0 Å². The average Bonchev–Trinajstić information content (AvgIpc) is 2.24. The van der Waals surface area contributed by atoms with Crippen molar-refractivity contribution in [3.05, 3.63) is 12.2 Å². The smallest absolute Gasteiger partial charge is 0.306 e. The van der Waals surface area contributed by atoms with E-state index in [0.717, 1.165) is 5.57 Å². The van der Waals surface area contributed by atoms with E-state index >= 15 is 0 Å². The summed E-state index contributed by atoms with van der Waals surface area (Å²) in [5, 5.41) is 3.51. The predicted octanol–water partition coefficient (Wildman–Crippen LogP) is 2.27. The van der Waals surface area contributed by atoms with Gasteiger partial charge in [0.25, 0.3) is 0 Å². The Kier molecular flexibility index (Phi) is 3.48. The Hall–Kier alpha value is -0.830. The molecular weight excluding hydrogens is 202 g/mol.